The van der Waals surface area contributed by atoms with Crippen molar-refractivity contribution in [3.63, 3.8) is 0 Å². The highest BCUT2D eigenvalue weighted by atomic mass is 16.5. The highest BCUT2D eigenvalue weighted by Gasteiger charge is 2.30. The summed E-state index contributed by atoms with van der Waals surface area (Å²) in [5.74, 6) is 2.20. The van der Waals surface area contributed by atoms with Gasteiger partial charge < -0.3 is 23.8 Å². The quantitative estimate of drug-likeness (QED) is 0.811. The first-order valence-electron chi connectivity index (χ1n) is 9.58. The van der Waals surface area contributed by atoms with Crippen LogP contribution in [0.4, 0.5) is 0 Å². The molecule has 1 atom stereocenters. The number of carbonyl (C=O) groups excluding carboxylic acids is 1. The fourth-order valence-corrected chi connectivity index (χ4v) is 3.77. The van der Waals surface area contributed by atoms with Crippen LogP contribution in [-0.2, 0) is 16.1 Å². The summed E-state index contributed by atoms with van der Waals surface area (Å²) in [4.78, 5) is 14.7. The van der Waals surface area contributed by atoms with E-state index in [9.17, 15) is 4.79 Å². The minimum absolute atomic E-state index is 0.0414. The van der Waals surface area contributed by atoms with Crippen molar-refractivity contribution in [1.82, 2.24) is 4.90 Å². The Bertz CT molecular complexity index is 860. The van der Waals surface area contributed by atoms with Crippen LogP contribution in [0.1, 0.15) is 18.4 Å². The Morgan fingerprint density at radius 3 is 2.75 bits per heavy atom. The number of amides is 1. The SMILES string of the molecule is COc1cccc(-c2cc3c(c(OC)c2)OCCN(C(=O)C2CCCO2)C3)c1. The molecule has 1 amide bonds. The van der Waals surface area contributed by atoms with Crippen LogP contribution >= 0.6 is 0 Å². The zero-order chi connectivity index (χ0) is 19.5. The number of methoxy groups -OCH3 is 2. The summed E-state index contributed by atoms with van der Waals surface area (Å²) in [6.45, 7) is 2.10. The van der Waals surface area contributed by atoms with Gasteiger partial charge in [-0.2, -0.15) is 0 Å². The van der Waals surface area contributed by atoms with Crippen molar-refractivity contribution in [1.29, 1.82) is 0 Å². The van der Waals surface area contributed by atoms with Crippen molar-refractivity contribution in [3.05, 3.63) is 42.0 Å². The van der Waals surface area contributed by atoms with Crippen LogP contribution in [0.25, 0.3) is 11.1 Å². The maximum absolute atomic E-state index is 12.9. The Balaban J connectivity index is 1.69. The topological polar surface area (TPSA) is 57.2 Å². The standard InChI is InChI=1S/C22H25NO5/c1-25-18-6-3-5-15(12-18)16-11-17-14-23(22(24)19-7-4-9-27-19)8-10-28-21(17)20(13-16)26-2/h3,5-6,11-13,19H,4,7-10,14H2,1-2H3. The van der Waals surface area contributed by atoms with E-state index in [0.717, 1.165) is 35.3 Å². The molecule has 2 aliphatic heterocycles. The van der Waals surface area contributed by atoms with Gasteiger partial charge in [0.05, 0.1) is 20.8 Å². The van der Waals surface area contributed by atoms with E-state index in [2.05, 4.69) is 6.07 Å². The van der Waals surface area contributed by atoms with E-state index in [0.29, 0.717) is 37.8 Å². The second kappa shape index (κ2) is 8.10. The molecule has 6 nitrogen and oxygen atoms in total. The minimum atomic E-state index is -0.329. The van der Waals surface area contributed by atoms with Crippen LogP contribution in [0.5, 0.6) is 17.2 Å². The monoisotopic (exact) mass is 383 g/mol. The Morgan fingerprint density at radius 2 is 2.00 bits per heavy atom. The molecular formula is C22H25NO5. The highest BCUT2D eigenvalue weighted by molar-refractivity contribution is 5.81. The van der Waals surface area contributed by atoms with Crippen LogP contribution in [0, 0.1) is 0 Å². The Kier molecular flexibility index (Phi) is 5.39. The zero-order valence-electron chi connectivity index (χ0n) is 16.3. The Labute approximate surface area is 165 Å². The molecule has 2 aromatic carbocycles. The molecule has 1 unspecified atom stereocenters. The van der Waals surface area contributed by atoms with Crippen molar-refractivity contribution < 1.29 is 23.7 Å². The molecule has 148 valence electrons. The first-order chi connectivity index (χ1) is 13.7. The second-order valence-corrected chi connectivity index (χ2v) is 7.01. The van der Waals surface area contributed by atoms with E-state index in [1.54, 1.807) is 14.2 Å². The molecular weight excluding hydrogens is 358 g/mol. The third kappa shape index (κ3) is 3.64. The Hall–Kier alpha value is -2.73. The molecule has 1 fully saturated rings. The maximum Gasteiger partial charge on any atom is 0.252 e. The lowest BCUT2D eigenvalue weighted by atomic mass is 10.0. The van der Waals surface area contributed by atoms with Gasteiger partial charge in [0, 0.05) is 18.7 Å². The second-order valence-electron chi connectivity index (χ2n) is 7.01. The van der Waals surface area contributed by atoms with Gasteiger partial charge in [-0.15, -0.1) is 0 Å². The first kappa shape index (κ1) is 18.6. The molecule has 0 aliphatic carbocycles. The van der Waals surface area contributed by atoms with Crippen LogP contribution in [0.15, 0.2) is 36.4 Å². The van der Waals surface area contributed by atoms with Gasteiger partial charge in [0.15, 0.2) is 11.5 Å². The van der Waals surface area contributed by atoms with Gasteiger partial charge in [-0.1, -0.05) is 12.1 Å². The number of hydrogen-bond acceptors (Lipinski definition) is 5. The smallest absolute Gasteiger partial charge is 0.252 e. The lowest BCUT2D eigenvalue weighted by molar-refractivity contribution is -0.141. The summed E-state index contributed by atoms with van der Waals surface area (Å²) in [6.07, 6.45) is 1.39. The molecule has 0 saturated carbocycles. The molecule has 2 aliphatic rings. The summed E-state index contributed by atoms with van der Waals surface area (Å²) >= 11 is 0. The lowest BCUT2D eigenvalue weighted by Crippen LogP contribution is -2.39. The summed E-state index contributed by atoms with van der Waals surface area (Å²) < 4.78 is 22.5. The van der Waals surface area contributed by atoms with Crippen LogP contribution in [0.2, 0.25) is 0 Å². The minimum Gasteiger partial charge on any atom is -0.497 e. The number of nitrogens with zero attached hydrogens (tertiary/aromatic N) is 1. The first-order valence-corrected chi connectivity index (χ1v) is 9.58. The number of benzene rings is 2. The van der Waals surface area contributed by atoms with Gasteiger partial charge in [0.1, 0.15) is 18.5 Å². The van der Waals surface area contributed by atoms with E-state index >= 15 is 0 Å². The molecule has 2 heterocycles. The summed E-state index contributed by atoms with van der Waals surface area (Å²) in [5.41, 5.74) is 2.94. The van der Waals surface area contributed by atoms with Crippen molar-refractivity contribution >= 4 is 5.91 Å². The van der Waals surface area contributed by atoms with Gasteiger partial charge in [-0.25, -0.2) is 0 Å². The fourth-order valence-electron chi connectivity index (χ4n) is 3.77. The van der Waals surface area contributed by atoms with Crippen LogP contribution in [-0.4, -0.2) is 50.9 Å². The summed E-state index contributed by atoms with van der Waals surface area (Å²) in [6, 6.07) is 11.9. The summed E-state index contributed by atoms with van der Waals surface area (Å²) in [5, 5.41) is 0. The average molecular weight is 383 g/mol. The van der Waals surface area contributed by atoms with E-state index < -0.39 is 0 Å². The van der Waals surface area contributed by atoms with Crippen LogP contribution in [0.3, 0.4) is 0 Å². The molecule has 0 N–H and O–H groups in total. The zero-order valence-corrected chi connectivity index (χ0v) is 16.3. The molecule has 1 saturated heterocycles. The largest absolute Gasteiger partial charge is 0.497 e. The Morgan fingerprint density at radius 1 is 1.11 bits per heavy atom. The molecule has 28 heavy (non-hydrogen) atoms. The number of carbonyl (C=O) groups is 1. The predicted molar refractivity (Wildman–Crippen MR) is 105 cm³/mol. The molecule has 0 radical (unpaired) electrons. The van der Waals surface area contributed by atoms with E-state index in [1.807, 2.05) is 35.2 Å². The van der Waals surface area contributed by atoms with Gasteiger partial charge in [-0.3, -0.25) is 4.79 Å². The van der Waals surface area contributed by atoms with Crippen molar-refractivity contribution in [2.24, 2.45) is 0 Å². The van der Waals surface area contributed by atoms with Crippen molar-refractivity contribution in [3.8, 4) is 28.4 Å². The maximum atomic E-state index is 12.9. The molecule has 0 spiro atoms. The van der Waals surface area contributed by atoms with Crippen LogP contribution < -0.4 is 14.2 Å². The van der Waals surface area contributed by atoms with Gasteiger partial charge in [0.2, 0.25) is 0 Å². The number of fused-ring (bicyclic) bond motifs is 1. The van der Waals surface area contributed by atoms with E-state index in [1.165, 1.54) is 0 Å². The molecule has 4 rings (SSSR count). The molecule has 0 aromatic heterocycles. The fraction of sp³-hybridized carbons (Fsp3) is 0.409. The van der Waals surface area contributed by atoms with Gasteiger partial charge >= 0.3 is 0 Å². The molecule has 2 aromatic rings. The van der Waals surface area contributed by atoms with Crippen molar-refractivity contribution in [2.45, 2.75) is 25.5 Å². The average Bonchev–Trinajstić information content (AvgIpc) is 3.19. The normalized spacial score (nSPS) is 18.8. The number of hydrogen-bond donors (Lipinski definition) is 0. The number of ether oxygens (including phenoxy) is 4. The third-order valence-electron chi connectivity index (χ3n) is 5.24. The molecule has 6 heteroatoms. The van der Waals surface area contributed by atoms with E-state index in [4.69, 9.17) is 18.9 Å². The lowest BCUT2D eigenvalue weighted by Gasteiger charge is -2.23. The molecule has 0 bridgehead atoms. The van der Waals surface area contributed by atoms with Gasteiger partial charge in [-0.05, 0) is 48.2 Å². The highest BCUT2D eigenvalue weighted by Crippen LogP contribution is 2.39. The summed E-state index contributed by atoms with van der Waals surface area (Å²) in [7, 11) is 3.29. The number of rotatable bonds is 4. The third-order valence-corrected chi connectivity index (χ3v) is 5.24. The van der Waals surface area contributed by atoms with E-state index in [-0.39, 0.29) is 12.0 Å². The predicted octanol–water partition coefficient (Wildman–Crippen LogP) is 3.27. The van der Waals surface area contributed by atoms with Gasteiger partial charge in [0.25, 0.3) is 5.91 Å². The van der Waals surface area contributed by atoms with Crippen molar-refractivity contribution in [2.75, 3.05) is 34.0 Å².